The molecule has 1 atom stereocenters. The van der Waals surface area contributed by atoms with Crippen molar-refractivity contribution in [3.63, 3.8) is 0 Å². The molecule has 0 radical (unpaired) electrons. The van der Waals surface area contributed by atoms with Crippen molar-refractivity contribution in [1.29, 1.82) is 0 Å². The number of anilines is 1. The Morgan fingerprint density at radius 3 is 2.65 bits per heavy atom. The monoisotopic (exact) mass is 277 g/mol. The molecule has 0 aromatic heterocycles. The highest BCUT2D eigenvalue weighted by Crippen LogP contribution is 2.15. The standard InChI is InChI=1S/C14H23N5O/c1-11(15)12-4-3-5-13(10-12)16-14(20)17-19-8-6-18(2)7-9-19/h3-5,10-11H,6-9,15H2,1-2H3,(H2,16,17,20). The first-order chi connectivity index (χ1) is 9.54. The number of piperazine rings is 1. The number of rotatable bonds is 3. The maximum Gasteiger partial charge on any atom is 0.333 e. The van der Waals surface area contributed by atoms with Gasteiger partial charge in [0.25, 0.3) is 0 Å². The van der Waals surface area contributed by atoms with Gasteiger partial charge >= 0.3 is 6.03 Å². The minimum atomic E-state index is -0.212. The van der Waals surface area contributed by atoms with Gasteiger partial charge in [-0.1, -0.05) is 12.1 Å². The van der Waals surface area contributed by atoms with Crippen LogP contribution in [0.2, 0.25) is 0 Å². The second-order valence-corrected chi connectivity index (χ2v) is 5.27. The summed E-state index contributed by atoms with van der Waals surface area (Å²) in [5.74, 6) is 0. The number of nitrogens with zero attached hydrogens (tertiary/aromatic N) is 2. The molecule has 1 unspecified atom stereocenters. The lowest BCUT2D eigenvalue weighted by Crippen LogP contribution is -2.53. The SMILES string of the molecule is CC(N)c1cccc(NC(=O)NN2CCN(C)CC2)c1. The van der Waals surface area contributed by atoms with Crippen molar-refractivity contribution in [2.45, 2.75) is 13.0 Å². The van der Waals surface area contributed by atoms with Crippen LogP contribution >= 0.6 is 0 Å². The molecule has 1 heterocycles. The molecule has 0 bridgehead atoms. The number of likely N-dealkylation sites (N-methyl/N-ethyl adjacent to an activating group) is 1. The molecule has 1 aliphatic heterocycles. The summed E-state index contributed by atoms with van der Waals surface area (Å²) in [6, 6.07) is 7.34. The van der Waals surface area contributed by atoms with Crippen LogP contribution in [0.5, 0.6) is 0 Å². The van der Waals surface area contributed by atoms with Gasteiger partial charge in [0.2, 0.25) is 0 Å². The van der Waals surface area contributed by atoms with E-state index in [2.05, 4.69) is 22.7 Å². The lowest BCUT2D eigenvalue weighted by molar-refractivity contribution is 0.116. The summed E-state index contributed by atoms with van der Waals surface area (Å²) < 4.78 is 0. The number of benzene rings is 1. The van der Waals surface area contributed by atoms with Gasteiger partial charge in [0.15, 0.2) is 0 Å². The van der Waals surface area contributed by atoms with Crippen molar-refractivity contribution < 1.29 is 4.79 Å². The Labute approximate surface area is 119 Å². The van der Waals surface area contributed by atoms with Gasteiger partial charge in [-0.05, 0) is 31.7 Å². The number of hydrogen-bond acceptors (Lipinski definition) is 4. The average Bonchev–Trinajstić information content (AvgIpc) is 2.41. The van der Waals surface area contributed by atoms with E-state index in [0.29, 0.717) is 0 Å². The quantitative estimate of drug-likeness (QED) is 0.770. The lowest BCUT2D eigenvalue weighted by atomic mass is 10.1. The Hall–Kier alpha value is -1.63. The number of amides is 2. The first kappa shape index (κ1) is 14.8. The van der Waals surface area contributed by atoms with Gasteiger partial charge < -0.3 is 16.0 Å². The van der Waals surface area contributed by atoms with Crippen LogP contribution in [-0.2, 0) is 0 Å². The maximum atomic E-state index is 11.9. The largest absolute Gasteiger partial charge is 0.333 e. The number of carbonyl (C=O) groups is 1. The third kappa shape index (κ3) is 4.19. The summed E-state index contributed by atoms with van der Waals surface area (Å²) >= 11 is 0. The Morgan fingerprint density at radius 1 is 1.30 bits per heavy atom. The summed E-state index contributed by atoms with van der Waals surface area (Å²) in [5, 5.41) is 4.77. The molecule has 1 aromatic carbocycles. The number of urea groups is 1. The second-order valence-electron chi connectivity index (χ2n) is 5.27. The fourth-order valence-electron chi connectivity index (χ4n) is 2.12. The molecular weight excluding hydrogens is 254 g/mol. The first-order valence-corrected chi connectivity index (χ1v) is 6.91. The van der Waals surface area contributed by atoms with Gasteiger partial charge in [-0.15, -0.1) is 0 Å². The van der Waals surface area contributed by atoms with Gasteiger partial charge in [-0.3, -0.25) is 5.43 Å². The highest BCUT2D eigenvalue weighted by Gasteiger charge is 2.15. The Balaban J connectivity index is 1.86. The number of carbonyl (C=O) groups excluding carboxylic acids is 1. The smallest absolute Gasteiger partial charge is 0.324 e. The third-order valence-corrected chi connectivity index (χ3v) is 3.43. The summed E-state index contributed by atoms with van der Waals surface area (Å²) in [7, 11) is 2.08. The van der Waals surface area contributed by atoms with E-state index in [1.165, 1.54) is 0 Å². The number of hydrogen-bond donors (Lipinski definition) is 3. The molecule has 4 N–H and O–H groups in total. The Morgan fingerprint density at radius 2 is 2.00 bits per heavy atom. The van der Waals surface area contributed by atoms with E-state index in [1.807, 2.05) is 36.2 Å². The molecule has 20 heavy (non-hydrogen) atoms. The second kappa shape index (κ2) is 6.69. The molecule has 1 aliphatic rings. The number of nitrogens with one attached hydrogen (secondary N) is 2. The molecule has 6 heteroatoms. The zero-order valence-corrected chi connectivity index (χ0v) is 12.1. The van der Waals surface area contributed by atoms with Crippen LogP contribution in [0.25, 0.3) is 0 Å². The van der Waals surface area contributed by atoms with Crippen molar-refractivity contribution in [3.05, 3.63) is 29.8 Å². The zero-order chi connectivity index (χ0) is 14.5. The fraction of sp³-hybridized carbons (Fsp3) is 0.500. The van der Waals surface area contributed by atoms with Gasteiger partial charge in [0.05, 0.1) is 0 Å². The van der Waals surface area contributed by atoms with E-state index in [0.717, 1.165) is 37.4 Å². The third-order valence-electron chi connectivity index (χ3n) is 3.43. The van der Waals surface area contributed by atoms with Crippen LogP contribution in [0.3, 0.4) is 0 Å². The number of nitrogens with two attached hydrogens (primary N) is 1. The molecular formula is C14H23N5O. The van der Waals surface area contributed by atoms with Crippen molar-refractivity contribution >= 4 is 11.7 Å². The van der Waals surface area contributed by atoms with Crippen LogP contribution in [0.4, 0.5) is 10.5 Å². The zero-order valence-electron chi connectivity index (χ0n) is 12.1. The van der Waals surface area contributed by atoms with Crippen molar-refractivity contribution in [2.24, 2.45) is 5.73 Å². The molecule has 6 nitrogen and oxygen atoms in total. The number of hydrazine groups is 1. The highest BCUT2D eigenvalue weighted by molar-refractivity contribution is 5.88. The topological polar surface area (TPSA) is 73.6 Å². The van der Waals surface area contributed by atoms with E-state index >= 15 is 0 Å². The fourth-order valence-corrected chi connectivity index (χ4v) is 2.12. The van der Waals surface area contributed by atoms with E-state index in [-0.39, 0.29) is 12.1 Å². The molecule has 0 aliphatic carbocycles. The molecule has 110 valence electrons. The summed E-state index contributed by atoms with van der Waals surface area (Å²) in [6.07, 6.45) is 0. The summed E-state index contributed by atoms with van der Waals surface area (Å²) in [4.78, 5) is 14.2. The predicted molar refractivity (Wildman–Crippen MR) is 80.3 cm³/mol. The minimum Gasteiger partial charge on any atom is -0.324 e. The summed E-state index contributed by atoms with van der Waals surface area (Å²) in [5.41, 5.74) is 10.5. The van der Waals surface area contributed by atoms with Gasteiger partial charge in [0.1, 0.15) is 0 Å². The van der Waals surface area contributed by atoms with Gasteiger partial charge in [0, 0.05) is 37.9 Å². The van der Waals surface area contributed by atoms with Crippen LogP contribution in [0.15, 0.2) is 24.3 Å². The van der Waals surface area contributed by atoms with E-state index in [1.54, 1.807) is 0 Å². The highest BCUT2D eigenvalue weighted by atomic mass is 16.2. The predicted octanol–water partition coefficient (Wildman–Crippen LogP) is 0.990. The Kier molecular flexibility index (Phi) is 4.94. The van der Waals surface area contributed by atoms with Crippen LogP contribution in [-0.4, -0.2) is 49.2 Å². The van der Waals surface area contributed by atoms with Crippen molar-refractivity contribution in [3.8, 4) is 0 Å². The van der Waals surface area contributed by atoms with E-state index in [4.69, 9.17) is 5.73 Å². The lowest BCUT2D eigenvalue weighted by Gasteiger charge is -2.32. The van der Waals surface area contributed by atoms with Crippen LogP contribution in [0.1, 0.15) is 18.5 Å². The molecule has 0 spiro atoms. The van der Waals surface area contributed by atoms with Crippen molar-refractivity contribution in [2.75, 3.05) is 38.5 Å². The van der Waals surface area contributed by atoms with E-state index < -0.39 is 0 Å². The molecule has 2 rings (SSSR count). The average molecular weight is 277 g/mol. The molecule has 1 saturated heterocycles. The maximum absolute atomic E-state index is 11.9. The molecule has 0 saturated carbocycles. The minimum absolute atomic E-state index is 0.0440. The van der Waals surface area contributed by atoms with Gasteiger partial charge in [-0.2, -0.15) is 0 Å². The summed E-state index contributed by atoms with van der Waals surface area (Å²) in [6.45, 7) is 5.51. The van der Waals surface area contributed by atoms with Crippen LogP contribution in [0, 0.1) is 0 Å². The van der Waals surface area contributed by atoms with Gasteiger partial charge in [-0.25, -0.2) is 9.80 Å². The molecule has 2 amide bonds. The van der Waals surface area contributed by atoms with E-state index in [9.17, 15) is 4.79 Å². The van der Waals surface area contributed by atoms with Crippen molar-refractivity contribution in [1.82, 2.24) is 15.3 Å². The Bertz CT molecular complexity index is 455. The van der Waals surface area contributed by atoms with Crippen LogP contribution < -0.4 is 16.5 Å². The first-order valence-electron chi connectivity index (χ1n) is 6.91. The normalized spacial score (nSPS) is 18.6. The molecule has 1 fully saturated rings. The molecule has 1 aromatic rings.